The van der Waals surface area contributed by atoms with Gasteiger partial charge in [-0.05, 0) is 43.7 Å². The van der Waals surface area contributed by atoms with Crippen LogP contribution >= 0.6 is 0 Å². The molecule has 2 saturated heterocycles. The van der Waals surface area contributed by atoms with Gasteiger partial charge in [0.25, 0.3) is 5.91 Å². The van der Waals surface area contributed by atoms with Crippen LogP contribution < -0.4 is 4.74 Å². The minimum absolute atomic E-state index is 0.0197. The molecule has 0 N–H and O–H groups in total. The molecule has 1 aromatic carbocycles. The summed E-state index contributed by atoms with van der Waals surface area (Å²) in [6, 6.07) is 9.65. The van der Waals surface area contributed by atoms with Crippen molar-refractivity contribution in [2.45, 2.75) is 32.6 Å². The van der Waals surface area contributed by atoms with E-state index >= 15 is 0 Å². The van der Waals surface area contributed by atoms with Gasteiger partial charge in [0.05, 0.1) is 19.0 Å². The van der Waals surface area contributed by atoms with Crippen LogP contribution in [0.25, 0.3) is 5.69 Å². The molecule has 2 aliphatic rings. The van der Waals surface area contributed by atoms with Gasteiger partial charge >= 0.3 is 0 Å². The summed E-state index contributed by atoms with van der Waals surface area (Å²) < 4.78 is 7.08. The van der Waals surface area contributed by atoms with Gasteiger partial charge < -0.3 is 14.5 Å². The number of methoxy groups -OCH3 is 1. The molecule has 0 saturated carbocycles. The molecular weight excluding hydrogens is 380 g/mol. The lowest BCUT2D eigenvalue weighted by Gasteiger charge is -2.36. The quantitative estimate of drug-likeness (QED) is 0.777. The Morgan fingerprint density at radius 2 is 1.60 bits per heavy atom. The molecule has 0 spiro atoms. The SMILES string of the molecule is COc1cn(-c2ccccc2)nc1C(=O)N1CCC(C(=O)N2CCC(C)CC2)CC1. The average molecular weight is 411 g/mol. The fraction of sp³-hybridized carbons (Fsp3) is 0.522. The maximum Gasteiger partial charge on any atom is 0.278 e. The Morgan fingerprint density at radius 3 is 2.23 bits per heavy atom. The highest BCUT2D eigenvalue weighted by molar-refractivity contribution is 5.95. The van der Waals surface area contributed by atoms with Crippen LogP contribution in [0.1, 0.15) is 43.1 Å². The number of carbonyl (C=O) groups is 2. The number of carbonyl (C=O) groups excluding carboxylic acids is 2. The topological polar surface area (TPSA) is 67.7 Å². The van der Waals surface area contributed by atoms with Gasteiger partial charge in [-0.2, -0.15) is 5.10 Å². The summed E-state index contributed by atoms with van der Waals surface area (Å²) in [5.74, 6) is 1.31. The maximum atomic E-state index is 13.1. The Labute approximate surface area is 177 Å². The Kier molecular flexibility index (Phi) is 6.06. The first-order valence-electron chi connectivity index (χ1n) is 10.8. The molecule has 0 unspecified atom stereocenters. The minimum Gasteiger partial charge on any atom is -0.493 e. The van der Waals surface area contributed by atoms with E-state index in [0.29, 0.717) is 43.3 Å². The molecule has 2 amide bonds. The van der Waals surface area contributed by atoms with E-state index in [1.165, 1.54) is 0 Å². The van der Waals surface area contributed by atoms with Gasteiger partial charge in [0.2, 0.25) is 5.91 Å². The first kappa shape index (κ1) is 20.4. The molecular formula is C23H30N4O3. The second-order valence-electron chi connectivity index (χ2n) is 8.40. The molecule has 4 rings (SSSR count). The minimum atomic E-state index is -0.140. The van der Waals surface area contributed by atoms with Crippen LogP contribution in [0.15, 0.2) is 36.5 Å². The van der Waals surface area contributed by atoms with Crippen LogP contribution in [0.5, 0.6) is 5.75 Å². The normalized spacial score (nSPS) is 18.5. The van der Waals surface area contributed by atoms with E-state index in [0.717, 1.165) is 31.6 Å². The largest absolute Gasteiger partial charge is 0.493 e. The van der Waals surface area contributed by atoms with Crippen molar-refractivity contribution in [3.8, 4) is 11.4 Å². The summed E-state index contributed by atoms with van der Waals surface area (Å²) in [5, 5.41) is 4.49. The van der Waals surface area contributed by atoms with Crippen LogP contribution in [0, 0.1) is 11.8 Å². The second kappa shape index (κ2) is 8.90. The maximum absolute atomic E-state index is 13.1. The van der Waals surface area contributed by atoms with Crippen molar-refractivity contribution in [1.29, 1.82) is 0 Å². The Bertz CT molecular complexity index is 879. The molecule has 1 aromatic heterocycles. The van der Waals surface area contributed by atoms with Crippen molar-refractivity contribution in [2.24, 2.45) is 11.8 Å². The fourth-order valence-corrected chi connectivity index (χ4v) is 4.34. The van der Waals surface area contributed by atoms with Crippen LogP contribution in [0.4, 0.5) is 0 Å². The van der Waals surface area contributed by atoms with E-state index in [4.69, 9.17) is 4.74 Å². The van der Waals surface area contributed by atoms with Crippen LogP contribution in [-0.2, 0) is 4.79 Å². The molecule has 2 aromatic rings. The van der Waals surface area contributed by atoms with E-state index in [1.54, 1.807) is 22.9 Å². The van der Waals surface area contributed by atoms with E-state index in [1.807, 2.05) is 35.2 Å². The zero-order chi connectivity index (χ0) is 21.1. The zero-order valence-corrected chi connectivity index (χ0v) is 17.8. The van der Waals surface area contributed by atoms with Crippen molar-refractivity contribution < 1.29 is 14.3 Å². The van der Waals surface area contributed by atoms with E-state index in [-0.39, 0.29) is 17.7 Å². The number of nitrogens with zero attached hydrogens (tertiary/aromatic N) is 4. The lowest BCUT2D eigenvalue weighted by molar-refractivity contribution is -0.138. The first-order valence-corrected chi connectivity index (χ1v) is 10.8. The standard InChI is InChI=1S/C23H30N4O3/c1-17-8-12-25(13-9-17)22(28)18-10-14-26(15-11-18)23(29)21-20(30-2)16-27(24-21)19-6-4-3-5-7-19/h3-7,16-18H,8-15H2,1-2H3. The van der Waals surface area contributed by atoms with Gasteiger partial charge in [0.1, 0.15) is 0 Å². The number of benzene rings is 1. The predicted molar refractivity (Wildman–Crippen MR) is 114 cm³/mol. The number of hydrogen-bond acceptors (Lipinski definition) is 4. The zero-order valence-electron chi connectivity index (χ0n) is 17.8. The number of para-hydroxylation sites is 1. The Morgan fingerprint density at radius 1 is 0.967 bits per heavy atom. The van der Waals surface area contributed by atoms with Crippen LogP contribution in [0.2, 0.25) is 0 Å². The molecule has 2 aliphatic heterocycles. The highest BCUT2D eigenvalue weighted by Gasteiger charge is 2.33. The number of amides is 2. The number of ether oxygens (including phenoxy) is 1. The first-order chi connectivity index (χ1) is 14.6. The molecule has 30 heavy (non-hydrogen) atoms. The van der Waals surface area contributed by atoms with Gasteiger partial charge in [-0.25, -0.2) is 4.68 Å². The molecule has 0 radical (unpaired) electrons. The number of hydrogen-bond donors (Lipinski definition) is 0. The van der Waals surface area contributed by atoms with Gasteiger partial charge in [0.15, 0.2) is 11.4 Å². The van der Waals surface area contributed by atoms with Crippen molar-refractivity contribution in [1.82, 2.24) is 19.6 Å². The van der Waals surface area contributed by atoms with Gasteiger partial charge in [-0.15, -0.1) is 0 Å². The van der Waals surface area contributed by atoms with Crippen LogP contribution in [0.3, 0.4) is 0 Å². The lowest BCUT2D eigenvalue weighted by atomic mass is 9.92. The van der Waals surface area contributed by atoms with Crippen molar-refractivity contribution in [3.63, 3.8) is 0 Å². The van der Waals surface area contributed by atoms with Gasteiger partial charge in [-0.3, -0.25) is 9.59 Å². The van der Waals surface area contributed by atoms with Crippen LogP contribution in [-0.4, -0.2) is 64.7 Å². The highest BCUT2D eigenvalue weighted by atomic mass is 16.5. The van der Waals surface area contributed by atoms with Crippen molar-refractivity contribution in [3.05, 3.63) is 42.2 Å². The summed E-state index contributed by atoms with van der Waals surface area (Å²) in [6.07, 6.45) is 5.33. The smallest absolute Gasteiger partial charge is 0.278 e. The molecule has 3 heterocycles. The highest BCUT2D eigenvalue weighted by Crippen LogP contribution is 2.26. The summed E-state index contributed by atoms with van der Waals surface area (Å²) in [6.45, 7) is 5.13. The molecule has 7 nitrogen and oxygen atoms in total. The molecule has 0 aliphatic carbocycles. The lowest BCUT2D eigenvalue weighted by Crippen LogP contribution is -2.46. The Hall–Kier alpha value is -2.83. The van der Waals surface area contributed by atoms with Crippen molar-refractivity contribution in [2.75, 3.05) is 33.3 Å². The van der Waals surface area contributed by atoms with E-state index in [2.05, 4.69) is 12.0 Å². The third-order valence-electron chi connectivity index (χ3n) is 6.35. The molecule has 0 bridgehead atoms. The van der Waals surface area contributed by atoms with E-state index < -0.39 is 0 Å². The predicted octanol–water partition coefficient (Wildman–Crippen LogP) is 2.99. The molecule has 7 heteroatoms. The van der Waals surface area contributed by atoms with Crippen molar-refractivity contribution >= 4 is 11.8 Å². The number of likely N-dealkylation sites (tertiary alicyclic amines) is 2. The summed E-state index contributed by atoms with van der Waals surface area (Å²) in [5.41, 5.74) is 1.19. The third kappa shape index (κ3) is 4.20. The second-order valence-corrected chi connectivity index (χ2v) is 8.40. The molecule has 0 atom stereocenters. The van der Waals surface area contributed by atoms with Gasteiger partial charge in [0, 0.05) is 32.1 Å². The number of aromatic nitrogens is 2. The summed E-state index contributed by atoms with van der Waals surface area (Å²) >= 11 is 0. The number of piperidine rings is 2. The Balaban J connectivity index is 1.40. The molecule has 160 valence electrons. The fourth-order valence-electron chi connectivity index (χ4n) is 4.34. The average Bonchev–Trinajstić information content (AvgIpc) is 3.24. The monoisotopic (exact) mass is 410 g/mol. The third-order valence-corrected chi connectivity index (χ3v) is 6.35. The molecule has 2 fully saturated rings. The number of rotatable bonds is 4. The summed E-state index contributed by atoms with van der Waals surface area (Å²) in [7, 11) is 1.55. The van der Waals surface area contributed by atoms with E-state index in [9.17, 15) is 9.59 Å². The van der Waals surface area contributed by atoms with Gasteiger partial charge in [-0.1, -0.05) is 25.1 Å². The summed E-state index contributed by atoms with van der Waals surface area (Å²) in [4.78, 5) is 29.8.